The van der Waals surface area contributed by atoms with Crippen molar-refractivity contribution in [1.29, 1.82) is 5.26 Å². The van der Waals surface area contributed by atoms with Crippen molar-refractivity contribution in [3.8, 4) is 6.26 Å². The van der Waals surface area contributed by atoms with Gasteiger partial charge >= 0.3 is 22.4 Å². The van der Waals surface area contributed by atoms with Gasteiger partial charge in [0, 0.05) is 0 Å². The van der Waals surface area contributed by atoms with Gasteiger partial charge in [0.25, 0.3) is 6.26 Å². The number of nitrogens with zero attached hydrogens (tertiary/aromatic N) is 1. The van der Waals surface area contributed by atoms with Gasteiger partial charge in [0.05, 0.1) is 0 Å². The number of hydrogen-bond acceptors (Lipinski definition) is 2. The molecule has 0 unspecified atom stereocenters. The first-order chi connectivity index (χ1) is 1.41. The minimum absolute atomic E-state index is 0. The van der Waals surface area contributed by atoms with Crippen molar-refractivity contribution in [2.24, 2.45) is 0 Å². The SMILES string of the molecule is N#CO.[Ag+]. The molecule has 0 spiro atoms. The fourth-order valence-electron chi connectivity index (χ4n) is 0. The fourth-order valence-corrected chi connectivity index (χ4v) is 0. The second-order valence-corrected chi connectivity index (χ2v) is 0.100. The van der Waals surface area contributed by atoms with E-state index in [1.807, 2.05) is 0 Å². The Morgan fingerprint density at radius 1 is 1.75 bits per heavy atom. The van der Waals surface area contributed by atoms with Crippen LogP contribution >= 0.6 is 0 Å². The minimum atomic E-state index is 0. The number of aliphatic hydroxyl groups excluding tert-OH is 1. The Bertz CT molecular complexity index is 29.5. The fraction of sp³-hybridized carbons (Fsp3) is 0. The number of aliphatic hydroxyl groups is 1. The summed E-state index contributed by atoms with van der Waals surface area (Å²) in [5, 5.41) is 13.8. The molecule has 0 bridgehead atoms. The quantitative estimate of drug-likeness (QED) is 0.386. The molecule has 0 aromatic heterocycles. The molecule has 0 aliphatic carbocycles. The van der Waals surface area contributed by atoms with Gasteiger partial charge in [-0.3, -0.25) is 0 Å². The molecule has 26 valence electrons. The maximum Gasteiger partial charge on any atom is 1.00 e. The molecule has 0 aromatic carbocycles. The number of nitriles is 1. The number of hydrogen-bond donors (Lipinski definition) is 1. The minimum Gasteiger partial charge on any atom is -0.443 e. The van der Waals surface area contributed by atoms with Crippen LogP contribution in [0.15, 0.2) is 0 Å². The van der Waals surface area contributed by atoms with Crippen molar-refractivity contribution in [2.75, 3.05) is 0 Å². The predicted molar refractivity (Wildman–Crippen MR) is 7.55 cm³/mol. The van der Waals surface area contributed by atoms with E-state index in [1.165, 1.54) is 0 Å². The third kappa shape index (κ3) is 2350. The van der Waals surface area contributed by atoms with Gasteiger partial charge in [-0.1, -0.05) is 0 Å². The zero-order valence-electron chi connectivity index (χ0n) is 1.70. The van der Waals surface area contributed by atoms with Gasteiger partial charge in [0.2, 0.25) is 0 Å². The van der Waals surface area contributed by atoms with E-state index in [-0.39, 0.29) is 22.4 Å². The van der Waals surface area contributed by atoms with E-state index >= 15 is 0 Å². The Kier molecular flexibility index (Phi) is 26.4. The van der Waals surface area contributed by atoms with Crippen LogP contribution in [0.3, 0.4) is 0 Å². The van der Waals surface area contributed by atoms with Crippen molar-refractivity contribution in [3.05, 3.63) is 0 Å². The van der Waals surface area contributed by atoms with Crippen LogP contribution in [0.5, 0.6) is 0 Å². The first-order valence-corrected chi connectivity index (χ1v) is 0.447. The van der Waals surface area contributed by atoms with Crippen LogP contribution in [0.2, 0.25) is 0 Å². The molecule has 0 saturated carbocycles. The molecule has 0 saturated heterocycles. The second-order valence-electron chi connectivity index (χ2n) is 0.100. The molecule has 0 heterocycles. The van der Waals surface area contributed by atoms with E-state index in [4.69, 9.17) is 10.4 Å². The zero-order chi connectivity index (χ0) is 2.71. The molecule has 0 atom stereocenters. The van der Waals surface area contributed by atoms with Gasteiger partial charge in [0.15, 0.2) is 0 Å². The maximum absolute atomic E-state index is 6.88. The number of rotatable bonds is 0. The van der Waals surface area contributed by atoms with Crippen molar-refractivity contribution in [1.82, 2.24) is 0 Å². The molecule has 0 aliphatic heterocycles. The van der Waals surface area contributed by atoms with Crippen molar-refractivity contribution < 1.29 is 27.5 Å². The smallest absolute Gasteiger partial charge is 0.443 e. The van der Waals surface area contributed by atoms with Gasteiger partial charge in [-0.05, 0) is 0 Å². The van der Waals surface area contributed by atoms with E-state index in [0.717, 1.165) is 6.26 Å². The second kappa shape index (κ2) is 11.8. The van der Waals surface area contributed by atoms with Gasteiger partial charge in [-0.2, -0.15) is 5.26 Å². The summed E-state index contributed by atoms with van der Waals surface area (Å²) in [6.45, 7) is 0. The predicted octanol–water partition coefficient (Wildman–Crippen LogP) is -0.163. The van der Waals surface area contributed by atoms with E-state index in [1.54, 1.807) is 0 Å². The van der Waals surface area contributed by atoms with Crippen LogP contribution in [0.1, 0.15) is 0 Å². The van der Waals surface area contributed by atoms with E-state index in [0.29, 0.717) is 0 Å². The van der Waals surface area contributed by atoms with Crippen LogP contribution in [-0.2, 0) is 22.4 Å². The standard InChI is InChI=1S/CHNO.Ag/c2-1-3;/h3H;/q;+1. The summed E-state index contributed by atoms with van der Waals surface area (Å²) in [4.78, 5) is 0. The Morgan fingerprint density at radius 3 is 1.75 bits per heavy atom. The van der Waals surface area contributed by atoms with Crippen molar-refractivity contribution in [2.45, 2.75) is 0 Å². The Balaban J connectivity index is 0. The summed E-state index contributed by atoms with van der Waals surface area (Å²) in [6.07, 6.45) is 0.750. The van der Waals surface area contributed by atoms with Crippen molar-refractivity contribution in [3.63, 3.8) is 0 Å². The Morgan fingerprint density at radius 2 is 1.75 bits per heavy atom. The summed E-state index contributed by atoms with van der Waals surface area (Å²) in [6, 6.07) is 0. The molecule has 1 N–H and O–H groups in total. The van der Waals surface area contributed by atoms with Gasteiger partial charge in [-0.25, -0.2) is 0 Å². The molecule has 2 nitrogen and oxygen atoms in total. The van der Waals surface area contributed by atoms with E-state index in [2.05, 4.69) is 0 Å². The molecule has 0 radical (unpaired) electrons. The normalized spacial score (nSPS) is 1.75. The molecule has 0 fully saturated rings. The Hall–Kier alpha value is 0.0303. The summed E-state index contributed by atoms with van der Waals surface area (Å²) in [5.41, 5.74) is 0. The first kappa shape index (κ1) is 8.98. The van der Waals surface area contributed by atoms with Gasteiger partial charge in [0.1, 0.15) is 0 Å². The van der Waals surface area contributed by atoms with Gasteiger partial charge < -0.3 is 5.11 Å². The summed E-state index contributed by atoms with van der Waals surface area (Å²) in [5.74, 6) is 0. The first-order valence-electron chi connectivity index (χ1n) is 0.447. The summed E-state index contributed by atoms with van der Waals surface area (Å²) in [7, 11) is 0. The molecule has 3 heteroatoms. The molecule has 0 aromatic rings. The average Bonchev–Trinajstić information content (AvgIpc) is 0.918. The van der Waals surface area contributed by atoms with Crippen molar-refractivity contribution >= 4 is 0 Å². The van der Waals surface area contributed by atoms with Crippen LogP contribution in [0.25, 0.3) is 0 Å². The third-order valence-electron chi connectivity index (χ3n) is 0. The third-order valence-corrected chi connectivity index (χ3v) is 0. The average molecular weight is 151 g/mol. The monoisotopic (exact) mass is 150 g/mol. The summed E-state index contributed by atoms with van der Waals surface area (Å²) < 4.78 is 0. The van der Waals surface area contributed by atoms with Crippen LogP contribution < -0.4 is 0 Å². The Labute approximate surface area is 39.6 Å². The molecular weight excluding hydrogens is 150 g/mol. The molecule has 0 aliphatic rings. The van der Waals surface area contributed by atoms with E-state index in [9.17, 15) is 0 Å². The van der Waals surface area contributed by atoms with Crippen LogP contribution in [-0.4, -0.2) is 5.11 Å². The maximum atomic E-state index is 6.88. The molecular formula is CHAgNO+. The topological polar surface area (TPSA) is 44.0 Å². The molecule has 0 amide bonds. The summed E-state index contributed by atoms with van der Waals surface area (Å²) >= 11 is 0. The largest absolute Gasteiger partial charge is 1.00 e. The molecule has 0 rings (SSSR count). The van der Waals surface area contributed by atoms with Crippen LogP contribution in [0, 0.1) is 11.5 Å². The van der Waals surface area contributed by atoms with E-state index < -0.39 is 0 Å². The zero-order valence-corrected chi connectivity index (χ0v) is 3.18. The van der Waals surface area contributed by atoms with Gasteiger partial charge in [-0.15, -0.1) is 0 Å². The van der Waals surface area contributed by atoms with Crippen LogP contribution in [0.4, 0.5) is 0 Å². The molecule has 4 heavy (non-hydrogen) atoms.